The SMILES string of the molecule is Cc1cccc2ccnc(N(C(=O)c3ccc(Nc4nccc(N5CCC[C@@H](O)C5)n4)cc3F)[C@@H]3CCCNC3)c12. The van der Waals surface area contributed by atoms with E-state index in [0.29, 0.717) is 36.4 Å². The molecule has 2 aliphatic rings. The van der Waals surface area contributed by atoms with Gasteiger partial charge in [0.2, 0.25) is 5.95 Å². The van der Waals surface area contributed by atoms with Crippen LogP contribution < -0.4 is 20.4 Å². The van der Waals surface area contributed by atoms with Crippen molar-refractivity contribution in [1.29, 1.82) is 0 Å². The Morgan fingerprint density at radius 2 is 2.00 bits per heavy atom. The van der Waals surface area contributed by atoms with Crippen LogP contribution in [0.3, 0.4) is 0 Å². The van der Waals surface area contributed by atoms with Crippen molar-refractivity contribution in [2.45, 2.75) is 44.8 Å². The van der Waals surface area contributed by atoms with Crippen LogP contribution in [0.25, 0.3) is 10.8 Å². The molecule has 2 aromatic carbocycles. The van der Waals surface area contributed by atoms with Crippen LogP contribution in [-0.4, -0.2) is 64.3 Å². The van der Waals surface area contributed by atoms with Gasteiger partial charge in [0.25, 0.3) is 5.91 Å². The number of aromatic nitrogens is 3. The lowest BCUT2D eigenvalue weighted by Crippen LogP contribution is -2.49. The molecule has 212 valence electrons. The van der Waals surface area contributed by atoms with E-state index in [-0.39, 0.29) is 17.7 Å². The number of hydrogen-bond acceptors (Lipinski definition) is 8. The fourth-order valence-electron chi connectivity index (χ4n) is 5.83. The van der Waals surface area contributed by atoms with Crippen LogP contribution in [0.15, 0.2) is 60.9 Å². The van der Waals surface area contributed by atoms with Gasteiger partial charge in [0.05, 0.1) is 17.7 Å². The molecule has 9 nitrogen and oxygen atoms in total. The zero-order valence-electron chi connectivity index (χ0n) is 23.1. The second-order valence-corrected chi connectivity index (χ2v) is 10.8. The molecule has 0 spiro atoms. The molecule has 2 saturated heterocycles. The highest BCUT2D eigenvalue weighted by Crippen LogP contribution is 2.32. The maximum atomic E-state index is 15.7. The van der Waals surface area contributed by atoms with Gasteiger partial charge in [0.15, 0.2) is 0 Å². The summed E-state index contributed by atoms with van der Waals surface area (Å²) in [6.07, 6.45) is 6.33. The third-order valence-electron chi connectivity index (χ3n) is 7.88. The summed E-state index contributed by atoms with van der Waals surface area (Å²) < 4.78 is 15.7. The summed E-state index contributed by atoms with van der Waals surface area (Å²) in [6.45, 7) is 4.81. The van der Waals surface area contributed by atoms with Crippen molar-refractivity contribution in [1.82, 2.24) is 20.3 Å². The van der Waals surface area contributed by atoms with Crippen molar-refractivity contribution in [2.24, 2.45) is 0 Å². The highest BCUT2D eigenvalue weighted by molar-refractivity contribution is 6.11. The van der Waals surface area contributed by atoms with E-state index in [2.05, 4.69) is 25.6 Å². The summed E-state index contributed by atoms with van der Waals surface area (Å²) in [5.74, 6) is 0.498. The molecule has 0 unspecified atom stereocenters. The van der Waals surface area contributed by atoms with Crippen LogP contribution in [0.5, 0.6) is 0 Å². The Labute approximate surface area is 238 Å². The van der Waals surface area contributed by atoms with Gasteiger partial charge in [-0.15, -0.1) is 0 Å². The Balaban J connectivity index is 1.29. The Hall–Kier alpha value is -4.15. The van der Waals surface area contributed by atoms with Gasteiger partial charge in [0.1, 0.15) is 17.5 Å². The Bertz CT molecular complexity index is 1550. The van der Waals surface area contributed by atoms with Crippen LogP contribution >= 0.6 is 0 Å². The normalized spacial score (nSPS) is 19.2. The van der Waals surface area contributed by atoms with E-state index in [9.17, 15) is 9.90 Å². The van der Waals surface area contributed by atoms with Gasteiger partial charge >= 0.3 is 0 Å². The van der Waals surface area contributed by atoms with Crippen LogP contribution in [0.4, 0.5) is 27.7 Å². The summed E-state index contributed by atoms with van der Waals surface area (Å²) in [4.78, 5) is 31.3. The first-order valence-electron chi connectivity index (χ1n) is 14.2. The summed E-state index contributed by atoms with van der Waals surface area (Å²) >= 11 is 0. The fraction of sp³-hybridized carbons (Fsp3) is 0.355. The van der Waals surface area contributed by atoms with Gasteiger partial charge in [-0.2, -0.15) is 4.98 Å². The highest BCUT2D eigenvalue weighted by Gasteiger charge is 2.32. The second-order valence-electron chi connectivity index (χ2n) is 10.8. The minimum absolute atomic E-state index is 0.0227. The Morgan fingerprint density at radius 3 is 2.80 bits per heavy atom. The number of aryl methyl sites for hydroxylation is 1. The lowest BCUT2D eigenvalue weighted by Gasteiger charge is -2.35. The van der Waals surface area contributed by atoms with Crippen molar-refractivity contribution in [2.75, 3.05) is 41.3 Å². The van der Waals surface area contributed by atoms with Gasteiger partial charge in [-0.1, -0.05) is 18.2 Å². The highest BCUT2D eigenvalue weighted by atomic mass is 19.1. The number of fused-ring (bicyclic) bond motifs is 1. The van der Waals surface area contributed by atoms with Crippen molar-refractivity contribution in [3.8, 4) is 0 Å². The number of hydrogen-bond donors (Lipinski definition) is 3. The number of nitrogens with one attached hydrogen (secondary N) is 2. The molecule has 2 fully saturated rings. The number of piperidine rings is 2. The number of carbonyl (C=O) groups excluding carboxylic acids is 1. The molecule has 6 rings (SSSR count). The number of pyridine rings is 1. The van der Waals surface area contributed by atoms with Crippen LogP contribution in [0, 0.1) is 12.7 Å². The van der Waals surface area contributed by atoms with Crippen LogP contribution in [0.1, 0.15) is 41.6 Å². The van der Waals surface area contributed by atoms with Crippen LogP contribution in [0.2, 0.25) is 0 Å². The van der Waals surface area contributed by atoms with Gasteiger partial charge in [-0.05, 0) is 80.4 Å². The van der Waals surface area contributed by atoms with Crippen molar-refractivity contribution >= 4 is 40.0 Å². The average molecular weight is 556 g/mol. The molecule has 3 N–H and O–H groups in total. The number of amides is 1. The molecule has 0 bridgehead atoms. The fourth-order valence-corrected chi connectivity index (χ4v) is 5.83. The van der Waals surface area contributed by atoms with Crippen molar-refractivity contribution in [3.05, 3.63) is 77.9 Å². The third kappa shape index (κ3) is 5.71. The predicted molar refractivity (Wildman–Crippen MR) is 158 cm³/mol. The van der Waals surface area contributed by atoms with Crippen molar-refractivity contribution in [3.63, 3.8) is 0 Å². The smallest absolute Gasteiger partial charge is 0.262 e. The van der Waals surface area contributed by atoms with Crippen molar-refractivity contribution < 1.29 is 14.3 Å². The van der Waals surface area contributed by atoms with Crippen LogP contribution in [-0.2, 0) is 0 Å². The maximum Gasteiger partial charge on any atom is 0.262 e. The van der Waals surface area contributed by atoms with E-state index in [1.807, 2.05) is 36.1 Å². The standard InChI is InChI=1S/C31H34FN7O2/c1-20-5-2-6-21-11-14-34-29(28(20)21)39(23-7-3-13-33-18-23)30(41)25-10-9-22(17-26(25)32)36-31-35-15-12-27(37-31)38-16-4-8-24(40)19-38/h2,5-6,9-12,14-15,17,23-24,33,40H,3-4,7-8,13,16,18-19H2,1H3,(H,35,36,37)/t23-,24-/m1/s1. The van der Waals surface area contributed by atoms with E-state index in [1.165, 1.54) is 12.1 Å². The van der Waals surface area contributed by atoms with Gasteiger partial charge < -0.3 is 20.6 Å². The third-order valence-corrected chi connectivity index (χ3v) is 7.88. The van der Waals surface area contributed by atoms with Gasteiger partial charge in [-0.3, -0.25) is 9.69 Å². The molecule has 4 heterocycles. The van der Waals surface area contributed by atoms with E-state index < -0.39 is 11.7 Å². The number of aliphatic hydroxyl groups is 1. The Kier molecular flexibility index (Phi) is 7.76. The van der Waals surface area contributed by atoms with Gasteiger partial charge in [0, 0.05) is 43.1 Å². The molecule has 1 amide bonds. The van der Waals surface area contributed by atoms with E-state index in [4.69, 9.17) is 0 Å². The summed E-state index contributed by atoms with van der Waals surface area (Å²) in [7, 11) is 0. The minimum Gasteiger partial charge on any atom is -0.391 e. The molecule has 2 atom stereocenters. The molecule has 10 heteroatoms. The second kappa shape index (κ2) is 11.8. The Morgan fingerprint density at radius 1 is 1.12 bits per heavy atom. The van der Waals surface area contributed by atoms with Gasteiger partial charge in [-0.25, -0.2) is 14.4 Å². The largest absolute Gasteiger partial charge is 0.391 e. The molecule has 4 aromatic rings. The lowest BCUT2D eigenvalue weighted by atomic mass is 10.0. The monoisotopic (exact) mass is 555 g/mol. The first kappa shape index (κ1) is 27.0. The first-order valence-corrected chi connectivity index (χ1v) is 14.2. The molecule has 41 heavy (non-hydrogen) atoms. The minimum atomic E-state index is -0.638. The summed E-state index contributed by atoms with van der Waals surface area (Å²) in [5, 5.41) is 18.3. The molecule has 2 aliphatic heterocycles. The first-order chi connectivity index (χ1) is 20.0. The number of β-amino-alcohol motifs (C(OH)–C–C–N with tert-alkyl or cyclic N) is 1. The lowest BCUT2D eigenvalue weighted by molar-refractivity contribution is 0.0968. The quantitative estimate of drug-likeness (QED) is 0.318. The van der Waals surface area contributed by atoms with E-state index in [1.54, 1.807) is 29.4 Å². The number of halogens is 1. The van der Waals surface area contributed by atoms with E-state index in [0.717, 1.165) is 55.1 Å². The number of nitrogens with zero attached hydrogens (tertiary/aromatic N) is 5. The zero-order chi connectivity index (χ0) is 28.3. The average Bonchev–Trinajstić information content (AvgIpc) is 2.98. The molecule has 2 aromatic heterocycles. The number of carbonyl (C=O) groups is 1. The molecule has 0 saturated carbocycles. The summed E-state index contributed by atoms with van der Waals surface area (Å²) in [6, 6.07) is 14.0. The summed E-state index contributed by atoms with van der Waals surface area (Å²) in [5.41, 5.74) is 1.42. The van der Waals surface area contributed by atoms with E-state index >= 15 is 4.39 Å². The maximum absolute atomic E-state index is 15.7. The number of rotatable bonds is 6. The number of benzene rings is 2. The molecular formula is C31H34FN7O2. The predicted octanol–water partition coefficient (Wildman–Crippen LogP) is 4.58. The number of anilines is 4. The molecular weight excluding hydrogens is 521 g/mol. The molecule has 0 aliphatic carbocycles. The zero-order valence-corrected chi connectivity index (χ0v) is 23.1. The molecule has 0 radical (unpaired) electrons. The number of aliphatic hydroxyl groups excluding tert-OH is 1. The topological polar surface area (TPSA) is 107 Å².